The van der Waals surface area contributed by atoms with Gasteiger partial charge in [-0.1, -0.05) is 12.1 Å². The van der Waals surface area contributed by atoms with Crippen molar-refractivity contribution in [3.8, 4) is 0 Å². The standard InChI is InChI=1S/C11H12F3NO2S.ClH/c1-17-10(16)6-9(15)7-3-2-4-8(5-7)18-11(12,13)14;/h2-5,9H,6,15H2,1H3;1H. The fourth-order valence-corrected chi connectivity index (χ4v) is 1.93. The highest BCUT2D eigenvalue weighted by atomic mass is 35.5. The molecule has 0 aliphatic rings. The Morgan fingerprint density at radius 2 is 2.11 bits per heavy atom. The fourth-order valence-electron chi connectivity index (χ4n) is 1.32. The summed E-state index contributed by atoms with van der Waals surface area (Å²) in [6.45, 7) is 0. The van der Waals surface area contributed by atoms with Crippen LogP contribution < -0.4 is 5.73 Å². The lowest BCUT2D eigenvalue weighted by atomic mass is 10.1. The number of carbonyl (C=O) groups is 1. The summed E-state index contributed by atoms with van der Waals surface area (Å²) >= 11 is -0.215. The van der Waals surface area contributed by atoms with Crippen molar-refractivity contribution in [1.29, 1.82) is 0 Å². The quantitative estimate of drug-likeness (QED) is 0.684. The van der Waals surface area contributed by atoms with Crippen LogP contribution >= 0.6 is 24.2 Å². The van der Waals surface area contributed by atoms with Crippen LogP contribution in [0, 0.1) is 0 Å². The largest absolute Gasteiger partial charge is 0.469 e. The van der Waals surface area contributed by atoms with E-state index >= 15 is 0 Å². The number of thioether (sulfide) groups is 1. The zero-order chi connectivity index (χ0) is 13.8. The number of alkyl halides is 3. The Bertz CT molecular complexity index is 429. The number of ether oxygens (including phenoxy) is 1. The van der Waals surface area contributed by atoms with Crippen molar-refractivity contribution in [2.24, 2.45) is 5.73 Å². The van der Waals surface area contributed by atoms with Crippen LogP contribution in [-0.4, -0.2) is 18.6 Å². The first-order valence-corrected chi connectivity index (χ1v) is 5.81. The molecule has 0 heterocycles. The first-order chi connectivity index (χ1) is 8.31. The smallest absolute Gasteiger partial charge is 0.446 e. The summed E-state index contributed by atoms with van der Waals surface area (Å²) in [6, 6.07) is 5.04. The third-order valence-corrected chi connectivity index (χ3v) is 2.86. The van der Waals surface area contributed by atoms with E-state index in [0.29, 0.717) is 5.56 Å². The molecule has 0 radical (unpaired) electrons. The van der Waals surface area contributed by atoms with E-state index in [9.17, 15) is 18.0 Å². The number of halogens is 4. The molecule has 0 aliphatic heterocycles. The predicted molar refractivity (Wildman–Crippen MR) is 69.2 cm³/mol. The molecule has 1 unspecified atom stereocenters. The highest BCUT2D eigenvalue weighted by Gasteiger charge is 2.29. The zero-order valence-electron chi connectivity index (χ0n) is 9.94. The highest BCUT2D eigenvalue weighted by Crippen LogP contribution is 2.37. The van der Waals surface area contributed by atoms with E-state index in [2.05, 4.69) is 4.74 Å². The summed E-state index contributed by atoms with van der Waals surface area (Å²) in [6.07, 6.45) is -0.0728. The average molecular weight is 316 g/mol. The van der Waals surface area contributed by atoms with Gasteiger partial charge in [0.1, 0.15) is 0 Å². The van der Waals surface area contributed by atoms with Crippen LogP contribution in [0.25, 0.3) is 0 Å². The monoisotopic (exact) mass is 315 g/mol. The molecular weight excluding hydrogens is 303 g/mol. The second-order valence-electron chi connectivity index (χ2n) is 3.51. The minimum atomic E-state index is -4.34. The first kappa shape index (κ1) is 18.1. The van der Waals surface area contributed by atoms with Crippen molar-refractivity contribution < 1.29 is 22.7 Å². The molecule has 0 aliphatic carbocycles. The van der Waals surface area contributed by atoms with E-state index in [1.165, 1.54) is 25.3 Å². The number of carbonyl (C=O) groups excluding carboxylic acids is 1. The van der Waals surface area contributed by atoms with Crippen LogP contribution in [0.4, 0.5) is 13.2 Å². The lowest BCUT2D eigenvalue weighted by Crippen LogP contribution is -2.16. The second kappa shape index (κ2) is 7.62. The lowest BCUT2D eigenvalue weighted by molar-refractivity contribution is -0.141. The minimum Gasteiger partial charge on any atom is -0.469 e. The molecule has 8 heteroatoms. The Morgan fingerprint density at radius 1 is 1.47 bits per heavy atom. The van der Waals surface area contributed by atoms with Crippen molar-refractivity contribution in [3.63, 3.8) is 0 Å². The summed E-state index contributed by atoms with van der Waals surface area (Å²) in [5, 5.41) is 0. The Hall–Kier alpha value is -0.920. The summed E-state index contributed by atoms with van der Waals surface area (Å²) in [5.41, 5.74) is 1.84. The molecule has 1 aromatic carbocycles. The third-order valence-electron chi connectivity index (χ3n) is 2.13. The molecule has 0 fully saturated rings. The van der Waals surface area contributed by atoms with Gasteiger partial charge in [-0.25, -0.2) is 0 Å². The number of esters is 1. The van der Waals surface area contributed by atoms with Crippen LogP contribution in [0.5, 0.6) is 0 Å². The van der Waals surface area contributed by atoms with Crippen LogP contribution in [0.1, 0.15) is 18.0 Å². The van der Waals surface area contributed by atoms with Crippen molar-refractivity contribution >= 4 is 30.1 Å². The van der Waals surface area contributed by atoms with Gasteiger partial charge in [-0.05, 0) is 29.5 Å². The van der Waals surface area contributed by atoms with Gasteiger partial charge in [0.05, 0.1) is 13.5 Å². The molecule has 0 amide bonds. The van der Waals surface area contributed by atoms with E-state index in [1.807, 2.05) is 0 Å². The number of hydrogen-bond donors (Lipinski definition) is 1. The maximum absolute atomic E-state index is 12.2. The Labute approximate surface area is 119 Å². The van der Waals surface area contributed by atoms with Crippen molar-refractivity contribution in [3.05, 3.63) is 29.8 Å². The normalized spacial score (nSPS) is 12.5. The van der Waals surface area contributed by atoms with E-state index in [0.717, 1.165) is 0 Å². The molecule has 0 saturated carbocycles. The van der Waals surface area contributed by atoms with Gasteiger partial charge in [0.25, 0.3) is 0 Å². The van der Waals surface area contributed by atoms with Gasteiger partial charge in [-0.3, -0.25) is 4.79 Å². The van der Waals surface area contributed by atoms with Crippen LogP contribution in [0.3, 0.4) is 0 Å². The molecule has 0 bridgehead atoms. The summed E-state index contributed by atoms with van der Waals surface area (Å²) < 4.78 is 41.0. The maximum atomic E-state index is 12.2. The lowest BCUT2D eigenvalue weighted by Gasteiger charge is -2.12. The summed E-state index contributed by atoms with van der Waals surface area (Å²) in [7, 11) is 1.23. The summed E-state index contributed by atoms with van der Waals surface area (Å²) in [4.78, 5) is 11.1. The molecular formula is C11H13ClF3NO2S. The first-order valence-electron chi connectivity index (χ1n) is 5.00. The number of methoxy groups -OCH3 is 1. The molecule has 0 saturated heterocycles. The maximum Gasteiger partial charge on any atom is 0.446 e. The molecule has 19 heavy (non-hydrogen) atoms. The second-order valence-corrected chi connectivity index (χ2v) is 4.65. The van der Waals surface area contributed by atoms with Gasteiger partial charge in [0.15, 0.2) is 0 Å². The predicted octanol–water partition coefficient (Wildman–Crippen LogP) is 3.28. The van der Waals surface area contributed by atoms with Crippen LogP contribution in [0.15, 0.2) is 29.2 Å². The minimum absolute atomic E-state index is 0. The Morgan fingerprint density at radius 3 is 2.63 bits per heavy atom. The summed E-state index contributed by atoms with van der Waals surface area (Å²) in [5.74, 6) is -0.503. The zero-order valence-corrected chi connectivity index (χ0v) is 11.6. The van der Waals surface area contributed by atoms with E-state index in [1.54, 1.807) is 6.07 Å². The highest BCUT2D eigenvalue weighted by molar-refractivity contribution is 8.00. The van der Waals surface area contributed by atoms with Crippen molar-refractivity contribution in [2.75, 3.05) is 7.11 Å². The number of rotatable bonds is 4. The van der Waals surface area contributed by atoms with E-state index < -0.39 is 17.5 Å². The molecule has 1 aromatic rings. The topological polar surface area (TPSA) is 52.3 Å². The molecule has 0 aromatic heterocycles. The molecule has 3 nitrogen and oxygen atoms in total. The molecule has 108 valence electrons. The van der Waals surface area contributed by atoms with Gasteiger partial charge in [-0.2, -0.15) is 13.2 Å². The van der Waals surface area contributed by atoms with Gasteiger partial charge in [0, 0.05) is 10.9 Å². The van der Waals surface area contributed by atoms with Crippen molar-refractivity contribution in [2.45, 2.75) is 22.9 Å². The number of nitrogens with two attached hydrogens (primary N) is 1. The third kappa shape index (κ3) is 6.70. The number of hydrogen-bond acceptors (Lipinski definition) is 4. The average Bonchev–Trinajstić information content (AvgIpc) is 2.26. The van der Waals surface area contributed by atoms with E-state index in [-0.39, 0.29) is 35.5 Å². The molecule has 1 atom stereocenters. The van der Waals surface area contributed by atoms with Gasteiger partial charge >= 0.3 is 11.5 Å². The molecule has 1 rings (SSSR count). The van der Waals surface area contributed by atoms with Gasteiger partial charge in [0.2, 0.25) is 0 Å². The van der Waals surface area contributed by atoms with Gasteiger partial charge in [-0.15, -0.1) is 12.4 Å². The number of benzene rings is 1. The molecule has 2 N–H and O–H groups in total. The SMILES string of the molecule is COC(=O)CC(N)c1cccc(SC(F)(F)F)c1.Cl. The van der Waals surface area contributed by atoms with Crippen molar-refractivity contribution in [1.82, 2.24) is 0 Å². The Kier molecular flexibility index (Phi) is 7.25. The Balaban J connectivity index is 0.00000324. The fraction of sp³-hybridized carbons (Fsp3) is 0.364. The van der Waals surface area contributed by atoms with Crippen LogP contribution in [0.2, 0.25) is 0 Å². The van der Waals surface area contributed by atoms with Gasteiger partial charge < -0.3 is 10.5 Å². The molecule has 0 spiro atoms. The van der Waals surface area contributed by atoms with Crippen LogP contribution in [-0.2, 0) is 9.53 Å². The van der Waals surface area contributed by atoms with E-state index in [4.69, 9.17) is 5.73 Å².